The Balaban J connectivity index is 1.77. The highest BCUT2D eigenvalue weighted by Gasteiger charge is 2.27. The van der Waals surface area contributed by atoms with Crippen molar-refractivity contribution >= 4 is 11.7 Å². The normalized spacial score (nSPS) is 17.5. The predicted molar refractivity (Wildman–Crippen MR) is 84.5 cm³/mol. The summed E-state index contributed by atoms with van der Waals surface area (Å²) in [7, 11) is 0. The highest BCUT2D eigenvalue weighted by Crippen LogP contribution is 2.26. The maximum atomic E-state index is 12.6. The summed E-state index contributed by atoms with van der Waals surface area (Å²) in [6.45, 7) is 7.74. The number of hydrogen-bond donors (Lipinski definition) is 1. The van der Waals surface area contributed by atoms with E-state index in [1.54, 1.807) is 0 Å². The number of hydrogen-bond acceptors (Lipinski definition) is 1. The lowest BCUT2D eigenvalue weighted by Crippen LogP contribution is -2.43. The molecule has 3 rings (SSSR count). The fourth-order valence-electron chi connectivity index (χ4n) is 3.00. The number of nitrogens with one attached hydrogen (secondary N) is 1. The van der Waals surface area contributed by atoms with Gasteiger partial charge in [-0.3, -0.25) is 0 Å². The first-order valence-corrected chi connectivity index (χ1v) is 7.36. The molecule has 110 valence electrons. The van der Waals surface area contributed by atoms with E-state index in [1.165, 1.54) is 11.3 Å². The summed E-state index contributed by atoms with van der Waals surface area (Å²) in [4.78, 5) is 14.4. The van der Waals surface area contributed by atoms with Crippen molar-refractivity contribution in [3.8, 4) is 0 Å². The monoisotopic (exact) mass is 283 g/mol. The van der Waals surface area contributed by atoms with Crippen LogP contribution < -0.4 is 5.32 Å². The molecule has 4 nitrogen and oxygen atoms in total. The highest BCUT2D eigenvalue weighted by molar-refractivity contribution is 5.90. The topological polar surface area (TPSA) is 37.3 Å². The third-order valence-electron chi connectivity index (χ3n) is 4.23. The van der Waals surface area contributed by atoms with Gasteiger partial charge in [0.05, 0.1) is 6.04 Å². The number of urea groups is 1. The molecule has 1 aromatic carbocycles. The molecule has 0 bridgehead atoms. The number of anilines is 1. The number of fused-ring (bicyclic) bond motifs is 1. The van der Waals surface area contributed by atoms with E-state index in [2.05, 4.69) is 42.1 Å². The fraction of sp³-hybridized carbons (Fsp3) is 0.353. The van der Waals surface area contributed by atoms with Crippen LogP contribution in [0.2, 0.25) is 0 Å². The SMILES string of the molecule is Cc1ccc(NC(=O)N2CCn3cccc3[C@H]2C)c(C)c1. The van der Waals surface area contributed by atoms with Gasteiger partial charge in [0.25, 0.3) is 0 Å². The van der Waals surface area contributed by atoms with Crippen LogP contribution in [-0.2, 0) is 6.54 Å². The Morgan fingerprint density at radius 1 is 1.24 bits per heavy atom. The minimum absolute atomic E-state index is 0.0260. The predicted octanol–water partition coefficient (Wildman–Crippen LogP) is 3.71. The van der Waals surface area contributed by atoms with Crippen molar-refractivity contribution in [2.75, 3.05) is 11.9 Å². The van der Waals surface area contributed by atoms with Crippen molar-refractivity contribution in [2.24, 2.45) is 0 Å². The Hall–Kier alpha value is -2.23. The zero-order valence-corrected chi connectivity index (χ0v) is 12.8. The summed E-state index contributed by atoms with van der Waals surface area (Å²) in [5.74, 6) is 0. The van der Waals surface area contributed by atoms with Crippen LogP contribution in [0.3, 0.4) is 0 Å². The van der Waals surface area contributed by atoms with Crippen LogP contribution in [0, 0.1) is 13.8 Å². The van der Waals surface area contributed by atoms with Gasteiger partial charge in [0.15, 0.2) is 0 Å². The average Bonchev–Trinajstić information content (AvgIpc) is 2.91. The molecule has 0 saturated carbocycles. The van der Waals surface area contributed by atoms with Gasteiger partial charge in [0, 0.05) is 30.7 Å². The molecular weight excluding hydrogens is 262 g/mol. The summed E-state index contributed by atoms with van der Waals surface area (Å²) in [6, 6.07) is 10.3. The second-order valence-corrected chi connectivity index (χ2v) is 5.74. The smallest absolute Gasteiger partial charge is 0.322 e. The van der Waals surface area contributed by atoms with Crippen molar-refractivity contribution < 1.29 is 4.79 Å². The number of amides is 2. The van der Waals surface area contributed by atoms with E-state index in [1.807, 2.05) is 30.0 Å². The lowest BCUT2D eigenvalue weighted by Gasteiger charge is -2.35. The van der Waals surface area contributed by atoms with Crippen LogP contribution in [-0.4, -0.2) is 22.0 Å². The zero-order chi connectivity index (χ0) is 15.0. The second-order valence-electron chi connectivity index (χ2n) is 5.74. The van der Waals surface area contributed by atoms with E-state index >= 15 is 0 Å². The largest absolute Gasteiger partial charge is 0.348 e. The number of aromatic nitrogens is 1. The number of rotatable bonds is 1. The van der Waals surface area contributed by atoms with Gasteiger partial charge < -0.3 is 14.8 Å². The van der Waals surface area contributed by atoms with Gasteiger partial charge in [0.2, 0.25) is 0 Å². The fourth-order valence-corrected chi connectivity index (χ4v) is 3.00. The molecule has 21 heavy (non-hydrogen) atoms. The molecule has 0 unspecified atom stereocenters. The lowest BCUT2D eigenvalue weighted by molar-refractivity contribution is 0.175. The third-order valence-corrected chi connectivity index (χ3v) is 4.23. The van der Waals surface area contributed by atoms with Crippen molar-refractivity contribution in [1.82, 2.24) is 9.47 Å². The minimum atomic E-state index is -0.0260. The highest BCUT2D eigenvalue weighted by atomic mass is 16.2. The van der Waals surface area contributed by atoms with E-state index in [-0.39, 0.29) is 12.1 Å². The van der Waals surface area contributed by atoms with Gasteiger partial charge in [-0.25, -0.2) is 4.79 Å². The van der Waals surface area contributed by atoms with Crippen LogP contribution in [0.25, 0.3) is 0 Å². The van der Waals surface area contributed by atoms with E-state index in [9.17, 15) is 4.79 Å². The summed E-state index contributed by atoms with van der Waals surface area (Å²) in [5, 5.41) is 3.04. The maximum absolute atomic E-state index is 12.6. The van der Waals surface area contributed by atoms with E-state index in [0.717, 1.165) is 24.3 Å². The van der Waals surface area contributed by atoms with Crippen LogP contribution in [0.1, 0.15) is 29.8 Å². The standard InChI is InChI=1S/C17H21N3O/c1-12-6-7-15(13(2)11-12)18-17(21)20-10-9-19-8-4-5-16(19)14(20)3/h4-8,11,14H,9-10H2,1-3H3,(H,18,21)/t14-/m1/s1. The molecule has 1 aliphatic rings. The molecule has 1 atom stereocenters. The Morgan fingerprint density at radius 2 is 2.05 bits per heavy atom. The molecular formula is C17H21N3O. The molecule has 0 saturated heterocycles. The van der Waals surface area contributed by atoms with Gasteiger partial charge >= 0.3 is 6.03 Å². The van der Waals surface area contributed by atoms with Crippen LogP contribution in [0.4, 0.5) is 10.5 Å². The zero-order valence-electron chi connectivity index (χ0n) is 12.8. The van der Waals surface area contributed by atoms with Gasteiger partial charge in [-0.15, -0.1) is 0 Å². The van der Waals surface area contributed by atoms with E-state index < -0.39 is 0 Å². The Kier molecular flexibility index (Phi) is 3.45. The molecule has 1 N–H and O–H groups in total. The first-order chi connectivity index (χ1) is 10.1. The summed E-state index contributed by atoms with van der Waals surface area (Å²) in [6.07, 6.45) is 2.07. The first kappa shape index (κ1) is 13.7. The first-order valence-electron chi connectivity index (χ1n) is 7.36. The van der Waals surface area contributed by atoms with E-state index in [0.29, 0.717) is 0 Å². The third kappa shape index (κ3) is 2.53. The van der Waals surface area contributed by atoms with Crippen molar-refractivity contribution in [3.63, 3.8) is 0 Å². The summed E-state index contributed by atoms with van der Waals surface area (Å²) < 4.78 is 2.21. The van der Waals surface area contributed by atoms with Crippen molar-refractivity contribution in [1.29, 1.82) is 0 Å². The van der Waals surface area contributed by atoms with Crippen LogP contribution >= 0.6 is 0 Å². The number of aryl methyl sites for hydroxylation is 2. The lowest BCUT2D eigenvalue weighted by atomic mass is 10.1. The van der Waals surface area contributed by atoms with Crippen LogP contribution in [0.15, 0.2) is 36.5 Å². The molecule has 4 heteroatoms. The average molecular weight is 283 g/mol. The van der Waals surface area contributed by atoms with Gasteiger partial charge in [0.1, 0.15) is 0 Å². The Morgan fingerprint density at radius 3 is 2.81 bits per heavy atom. The molecule has 2 heterocycles. The maximum Gasteiger partial charge on any atom is 0.322 e. The number of nitrogens with zero attached hydrogens (tertiary/aromatic N) is 2. The molecule has 0 fully saturated rings. The summed E-state index contributed by atoms with van der Waals surface area (Å²) >= 11 is 0. The van der Waals surface area contributed by atoms with Gasteiger partial charge in [-0.05, 0) is 44.5 Å². The summed E-state index contributed by atoms with van der Waals surface area (Å²) in [5.41, 5.74) is 4.38. The molecule has 0 spiro atoms. The second kappa shape index (κ2) is 5.28. The van der Waals surface area contributed by atoms with Crippen LogP contribution in [0.5, 0.6) is 0 Å². The molecule has 2 aromatic rings. The molecule has 2 amide bonds. The number of carbonyl (C=O) groups is 1. The minimum Gasteiger partial charge on any atom is -0.348 e. The van der Waals surface area contributed by atoms with E-state index in [4.69, 9.17) is 0 Å². The molecule has 0 aliphatic carbocycles. The van der Waals surface area contributed by atoms with Gasteiger partial charge in [-0.1, -0.05) is 17.7 Å². The van der Waals surface area contributed by atoms with Gasteiger partial charge in [-0.2, -0.15) is 0 Å². The molecule has 1 aliphatic heterocycles. The quantitative estimate of drug-likeness (QED) is 0.851. The van der Waals surface area contributed by atoms with Crippen molar-refractivity contribution in [3.05, 3.63) is 53.3 Å². The Labute approximate surface area is 125 Å². The van der Waals surface area contributed by atoms with Crippen molar-refractivity contribution in [2.45, 2.75) is 33.4 Å². The Bertz CT molecular complexity index is 674. The number of carbonyl (C=O) groups excluding carboxylic acids is 1. The molecule has 1 aromatic heterocycles. The molecule has 0 radical (unpaired) electrons. The number of benzene rings is 1.